The molecule has 1 rings (SSSR count). The highest BCUT2D eigenvalue weighted by atomic mass is 32.2. The molecule has 1 fully saturated rings. The summed E-state index contributed by atoms with van der Waals surface area (Å²) in [5.74, 6) is 0.668. The zero-order valence-electron chi connectivity index (χ0n) is 4.66. The molecule has 0 saturated carbocycles. The summed E-state index contributed by atoms with van der Waals surface area (Å²) in [5, 5.41) is -0.234. The van der Waals surface area contributed by atoms with Crippen molar-refractivity contribution in [2.75, 3.05) is 12.3 Å². The second-order valence-corrected chi connectivity index (χ2v) is 2.65. The summed E-state index contributed by atoms with van der Waals surface area (Å²) >= 11 is 1.12. The molecule has 2 N–H and O–H groups in total. The molecular formula is C4H6N2O2S. The Balaban J connectivity index is 2.60. The Bertz CT molecular complexity index is 159. The standard InChI is InChI=1S/C4H6N2O2S/c5-3(7)6-1-2-9-4(6)8/h1-2H2,(H2,5,7). The van der Waals surface area contributed by atoms with Crippen LogP contribution < -0.4 is 5.73 Å². The van der Waals surface area contributed by atoms with Crippen LogP contribution in [-0.4, -0.2) is 28.5 Å². The lowest BCUT2D eigenvalue weighted by molar-refractivity contribution is 0.211. The van der Waals surface area contributed by atoms with E-state index in [2.05, 4.69) is 0 Å². The molecule has 4 nitrogen and oxygen atoms in total. The second-order valence-electron chi connectivity index (χ2n) is 1.60. The van der Waals surface area contributed by atoms with Crippen LogP contribution in [0.5, 0.6) is 0 Å². The monoisotopic (exact) mass is 146 g/mol. The first-order valence-electron chi connectivity index (χ1n) is 2.45. The van der Waals surface area contributed by atoms with E-state index in [9.17, 15) is 9.59 Å². The van der Waals surface area contributed by atoms with Crippen LogP contribution in [0.1, 0.15) is 0 Å². The molecule has 50 valence electrons. The average Bonchev–Trinajstić information content (AvgIpc) is 2.13. The molecule has 0 aromatic rings. The highest BCUT2D eigenvalue weighted by Crippen LogP contribution is 2.15. The average molecular weight is 146 g/mol. The van der Waals surface area contributed by atoms with E-state index in [1.54, 1.807) is 0 Å². The van der Waals surface area contributed by atoms with Crippen LogP contribution in [0.3, 0.4) is 0 Å². The summed E-state index contributed by atoms with van der Waals surface area (Å²) in [6, 6.07) is -0.648. The number of urea groups is 1. The first-order valence-corrected chi connectivity index (χ1v) is 3.44. The number of carbonyl (C=O) groups is 2. The molecule has 0 radical (unpaired) electrons. The fourth-order valence-corrected chi connectivity index (χ4v) is 1.38. The molecule has 1 aliphatic rings. The van der Waals surface area contributed by atoms with E-state index in [0.717, 1.165) is 16.7 Å². The highest BCUT2D eigenvalue weighted by molar-refractivity contribution is 8.13. The number of hydrogen-bond acceptors (Lipinski definition) is 3. The van der Waals surface area contributed by atoms with Crippen molar-refractivity contribution in [3.8, 4) is 0 Å². The molecule has 3 amide bonds. The van der Waals surface area contributed by atoms with Gasteiger partial charge in [0.2, 0.25) is 0 Å². The molecule has 1 saturated heterocycles. The molecular weight excluding hydrogens is 140 g/mol. The van der Waals surface area contributed by atoms with Gasteiger partial charge in [0, 0.05) is 12.3 Å². The molecule has 0 spiro atoms. The number of imide groups is 1. The van der Waals surface area contributed by atoms with Crippen molar-refractivity contribution in [3.63, 3.8) is 0 Å². The van der Waals surface area contributed by atoms with Crippen LogP contribution >= 0.6 is 11.8 Å². The van der Waals surface area contributed by atoms with Crippen LogP contribution in [0.15, 0.2) is 0 Å². The molecule has 1 heterocycles. The van der Waals surface area contributed by atoms with Gasteiger partial charge in [0.25, 0.3) is 5.24 Å². The maximum Gasteiger partial charge on any atom is 0.322 e. The van der Waals surface area contributed by atoms with Gasteiger partial charge in [-0.25, -0.2) is 4.79 Å². The number of hydrogen-bond donors (Lipinski definition) is 1. The molecule has 0 aromatic carbocycles. The smallest absolute Gasteiger partial charge is 0.322 e. The van der Waals surface area contributed by atoms with Crippen molar-refractivity contribution in [1.29, 1.82) is 0 Å². The zero-order valence-corrected chi connectivity index (χ0v) is 5.48. The molecule has 0 aromatic heterocycles. The summed E-state index contributed by atoms with van der Waals surface area (Å²) in [6.45, 7) is 0.457. The van der Waals surface area contributed by atoms with Gasteiger partial charge in [-0.15, -0.1) is 0 Å². The highest BCUT2D eigenvalue weighted by Gasteiger charge is 2.24. The normalized spacial score (nSPS) is 18.7. The maximum absolute atomic E-state index is 10.6. The quantitative estimate of drug-likeness (QED) is 0.532. The second kappa shape index (κ2) is 2.26. The van der Waals surface area contributed by atoms with Crippen molar-refractivity contribution in [3.05, 3.63) is 0 Å². The summed E-state index contributed by atoms with van der Waals surface area (Å²) < 4.78 is 0. The number of thioether (sulfide) groups is 1. The van der Waals surface area contributed by atoms with E-state index in [-0.39, 0.29) is 5.24 Å². The lowest BCUT2D eigenvalue weighted by atomic mass is 10.6. The first-order chi connectivity index (χ1) is 4.22. The molecule has 0 unspecified atom stereocenters. The van der Waals surface area contributed by atoms with Crippen LogP contribution in [0, 0.1) is 0 Å². The third kappa shape index (κ3) is 1.16. The van der Waals surface area contributed by atoms with Gasteiger partial charge in [0.05, 0.1) is 0 Å². The maximum atomic E-state index is 10.6. The zero-order chi connectivity index (χ0) is 6.85. The molecule has 0 atom stereocenters. The number of rotatable bonds is 0. The van der Waals surface area contributed by atoms with Gasteiger partial charge >= 0.3 is 6.03 Å². The molecule has 5 heteroatoms. The number of carbonyl (C=O) groups excluding carboxylic acids is 2. The van der Waals surface area contributed by atoms with Crippen molar-refractivity contribution in [2.24, 2.45) is 5.73 Å². The van der Waals surface area contributed by atoms with Gasteiger partial charge in [-0.3, -0.25) is 9.69 Å². The van der Waals surface area contributed by atoms with E-state index >= 15 is 0 Å². The van der Waals surface area contributed by atoms with Crippen LogP contribution in [-0.2, 0) is 0 Å². The summed E-state index contributed by atoms with van der Waals surface area (Å²) in [6.07, 6.45) is 0. The Morgan fingerprint density at radius 2 is 2.44 bits per heavy atom. The van der Waals surface area contributed by atoms with Crippen molar-refractivity contribution in [1.82, 2.24) is 4.90 Å². The van der Waals surface area contributed by atoms with E-state index in [4.69, 9.17) is 5.73 Å². The van der Waals surface area contributed by atoms with E-state index in [1.165, 1.54) is 0 Å². The van der Waals surface area contributed by atoms with Crippen molar-refractivity contribution in [2.45, 2.75) is 0 Å². The molecule has 0 aliphatic carbocycles. The SMILES string of the molecule is NC(=O)N1CCSC1=O. The number of amides is 3. The van der Waals surface area contributed by atoms with Gasteiger partial charge in [0.15, 0.2) is 0 Å². The van der Waals surface area contributed by atoms with Gasteiger partial charge in [-0.05, 0) is 0 Å². The Morgan fingerprint density at radius 3 is 2.67 bits per heavy atom. The van der Waals surface area contributed by atoms with E-state index in [0.29, 0.717) is 12.3 Å². The van der Waals surface area contributed by atoms with Crippen LogP contribution in [0.25, 0.3) is 0 Å². The van der Waals surface area contributed by atoms with Crippen LogP contribution in [0.4, 0.5) is 9.59 Å². The Morgan fingerprint density at radius 1 is 1.78 bits per heavy atom. The molecule has 1 aliphatic heterocycles. The lowest BCUT2D eigenvalue weighted by Gasteiger charge is -2.06. The first kappa shape index (κ1) is 6.41. The van der Waals surface area contributed by atoms with Crippen LogP contribution in [0.2, 0.25) is 0 Å². The van der Waals surface area contributed by atoms with Gasteiger partial charge in [0.1, 0.15) is 0 Å². The van der Waals surface area contributed by atoms with Crippen molar-refractivity contribution < 1.29 is 9.59 Å². The van der Waals surface area contributed by atoms with E-state index in [1.807, 2.05) is 0 Å². The molecule has 9 heavy (non-hydrogen) atoms. The summed E-state index contributed by atoms with van der Waals surface area (Å²) in [4.78, 5) is 22.0. The summed E-state index contributed by atoms with van der Waals surface area (Å²) in [7, 11) is 0. The number of primary amides is 1. The Hall–Kier alpha value is -0.710. The lowest BCUT2D eigenvalue weighted by Crippen LogP contribution is -2.35. The largest absolute Gasteiger partial charge is 0.351 e. The predicted octanol–water partition coefficient (Wildman–Crippen LogP) is 0.234. The summed E-state index contributed by atoms with van der Waals surface area (Å²) in [5.41, 5.74) is 4.84. The predicted molar refractivity (Wildman–Crippen MR) is 34.1 cm³/mol. The minimum Gasteiger partial charge on any atom is -0.351 e. The topological polar surface area (TPSA) is 63.4 Å². The number of nitrogens with zero attached hydrogens (tertiary/aromatic N) is 1. The third-order valence-electron chi connectivity index (χ3n) is 1.03. The van der Waals surface area contributed by atoms with Gasteiger partial charge in [-0.1, -0.05) is 11.8 Å². The Labute approximate surface area is 56.4 Å². The van der Waals surface area contributed by atoms with E-state index < -0.39 is 6.03 Å². The minimum atomic E-state index is -0.648. The van der Waals surface area contributed by atoms with Gasteiger partial charge < -0.3 is 5.73 Å². The molecule has 0 bridgehead atoms. The fourth-order valence-electron chi connectivity index (χ4n) is 0.594. The third-order valence-corrected chi connectivity index (χ3v) is 1.88. The van der Waals surface area contributed by atoms with Crippen molar-refractivity contribution >= 4 is 23.0 Å². The number of nitrogens with two attached hydrogens (primary N) is 1. The fraction of sp³-hybridized carbons (Fsp3) is 0.500. The van der Waals surface area contributed by atoms with Gasteiger partial charge in [-0.2, -0.15) is 0 Å². The minimum absolute atomic E-state index is 0.234. The Kier molecular flexibility index (Phi) is 1.61.